The van der Waals surface area contributed by atoms with Gasteiger partial charge in [-0.05, 0) is 50.1 Å². The first-order valence-corrected chi connectivity index (χ1v) is 13.3. The van der Waals surface area contributed by atoms with E-state index in [9.17, 15) is 44.3 Å². The Morgan fingerprint density at radius 1 is 0.769 bits per heavy atom. The number of halogens is 6. The number of hydrogen-bond acceptors (Lipinski definition) is 6. The molecule has 0 aromatic heterocycles. The fourth-order valence-electron chi connectivity index (χ4n) is 4.43. The quantitative estimate of drug-likeness (QED) is 0.268. The maximum Gasteiger partial charge on any atom is 0.416 e. The second-order valence-electron chi connectivity index (χ2n) is 9.40. The molecule has 1 saturated carbocycles. The molecule has 0 spiro atoms. The van der Waals surface area contributed by atoms with Crippen LogP contribution in [0.15, 0.2) is 56.9 Å². The Balaban J connectivity index is 1.60. The molecule has 4 rings (SSSR count). The molecule has 7 nitrogen and oxygen atoms in total. The molecule has 0 saturated heterocycles. The molecule has 0 aliphatic heterocycles. The summed E-state index contributed by atoms with van der Waals surface area (Å²) in [5, 5.41) is 5.03. The van der Waals surface area contributed by atoms with Gasteiger partial charge in [-0.3, -0.25) is 9.59 Å². The maximum absolute atomic E-state index is 13.2. The van der Waals surface area contributed by atoms with Gasteiger partial charge in [0.25, 0.3) is 10.9 Å². The summed E-state index contributed by atoms with van der Waals surface area (Å²) in [7, 11) is -3.94. The maximum atomic E-state index is 13.2. The smallest absolute Gasteiger partial charge is 0.376 e. The zero-order valence-corrected chi connectivity index (χ0v) is 21.2. The number of anilines is 3. The van der Waals surface area contributed by atoms with Crippen molar-refractivity contribution in [3.63, 3.8) is 0 Å². The van der Waals surface area contributed by atoms with Crippen LogP contribution in [0.2, 0.25) is 0 Å². The van der Waals surface area contributed by atoms with Crippen LogP contribution in [0.3, 0.4) is 0 Å². The minimum absolute atomic E-state index is 0.0268. The summed E-state index contributed by atoms with van der Waals surface area (Å²) >= 11 is 0. The average molecular weight is 576 g/mol. The lowest BCUT2D eigenvalue weighted by Gasteiger charge is -2.34. The first kappa shape index (κ1) is 28.6. The van der Waals surface area contributed by atoms with E-state index in [1.165, 1.54) is 12.1 Å². The van der Waals surface area contributed by atoms with Crippen LogP contribution in [0.4, 0.5) is 43.4 Å². The predicted molar refractivity (Wildman–Crippen MR) is 132 cm³/mol. The lowest BCUT2D eigenvalue weighted by Crippen LogP contribution is -2.50. The van der Waals surface area contributed by atoms with Gasteiger partial charge < -0.3 is 10.6 Å². The Labute approximate surface area is 219 Å². The van der Waals surface area contributed by atoms with Crippen molar-refractivity contribution in [2.75, 3.05) is 10.6 Å². The van der Waals surface area contributed by atoms with Crippen LogP contribution >= 0.6 is 0 Å². The lowest BCUT2D eigenvalue weighted by atomic mass is 9.90. The van der Waals surface area contributed by atoms with E-state index in [4.69, 9.17) is 0 Å². The summed E-state index contributed by atoms with van der Waals surface area (Å²) in [6, 6.07) is 5.50. The van der Waals surface area contributed by atoms with Gasteiger partial charge in [-0.2, -0.15) is 26.3 Å². The summed E-state index contributed by atoms with van der Waals surface area (Å²) in [5.41, 5.74) is -6.00. The Kier molecular flexibility index (Phi) is 7.56. The predicted octanol–water partition coefficient (Wildman–Crippen LogP) is 5.07. The highest BCUT2D eigenvalue weighted by atomic mass is 32.2. The zero-order valence-electron chi connectivity index (χ0n) is 20.3. The van der Waals surface area contributed by atoms with E-state index in [0.29, 0.717) is 37.8 Å². The van der Waals surface area contributed by atoms with E-state index in [1.54, 1.807) is 19.1 Å². The van der Waals surface area contributed by atoms with Crippen LogP contribution in [0.5, 0.6) is 0 Å². The van der Waals surface area contributed by atoms with E-state index < -0.39 is 67.8 Å². The fraction of sp³-hybridized carbons (Fsp3) is 0.360. The molecule has 0 amide bonds. The average Bonchev–Trinajstić information content (AvgIpc) is 2.85. The summed E-state index contributed by atoms with van der Waals surface area (Å²) < 4.78 is 108. The third-order valence-corrected chi connectivity index (χ3v) is 8.01. The molecule has 0 unspecified atom stereocenters. The van der Waals surface area contributed by atoms with Gasteiger partial charge in [0, 0.05) is 17.8 Å². The van der Waals surface area contributed by atoms with Crippen molar-refractivity contribution < 1.29 is 34.8 Å². The highest BCUT2D eigenvalue weighted by molar-refractivity contribution is 7.89. The van der Waals surface area contributed by atoms with E-state index in [-0.39, 0.29) is 16.6 Å². The first-order valence-electron chi connectivity index (χ1n) is 11.8. The van der Waals surface area contributed by atoms with Crippen molar-refractivity contribution in [2.45, 2.75) is 61.9 Å². The van der Waals surface area contributed by atoms with Crippen LogP contribution in [0, 0.1) is 6.92 Å². The second kappa shape index (κ2) is 10.3. The van der Waals surface area contributed by atoms with E-state index in [0.717, 1.165) is 5.56 Å². The van der Waals surface area contributed by atoms with Crippen molar-refractivity contribution in [1.82, 2.24) is 4.72 Å². The summed E-state index contributed by atoms with van der Waals surface area (Å²) in [4.78, 5) is 24.6. The van der Waals surface area contributed by atoms with Gasteiger partial charge in [0.1, 0.15) is 11.4 Å². The number of nitrogens with one attached hydrogen (secondary N) is 3. The number of sulfonamides is 1. The number of rotatable bonds is 7. The summed E-state index contributed by atoms with van der Waals surface area (Å²) in [6.45, 7) is 1.80. The molecule has 3 aromatic rings. The molecule has 210 valence electrons. The molecule has 39 heavy (non-hydrogen) atoms. The Morgan fingerprint density at radius 3 is 1.82 bits per heavy atom. The SMILES string of the molecule is Cc1ccc(S(=O)(=O)N[C@@H]2CCCC[C@@H]2Nc2c(Nc3cc(C(F)(F)F)cc(C(F)(F)F)c3)c(=O)c2=O)cc1. The highest BCUT2D eigenvalue weighted by Crippen LogP contribution is 2.38. The van der Waals surface area contributed by atoms with Gasteiger partial charge in [-0.25, -0.2) is 13.1 Å². The van der Waals surface area contributed by atoms with E-state index in [2.05, 4.69) is 15.4 Å². The molecule has 0 radical (unpaired) electrons. The molecule has 2 atom stereocenters. The van der Waals surface area contributed by atoms with Crippen LogP contribution in [-0.2, 0) is 22.4 Å². The fourth-order valence-corrected chi connectivity index (χ4v) is 5.75. The molecule has 1 aliphatic carbocycles. The lowest BCUT2D eigenvalue weighted by molar-refractivity contribution is -0.143. The Hall–Kier alpha value is -3.39. The molecule has 0 heterocycles. The summed E-state index contributed by atoms with van der Waals surface area (Å²) in [6.07, 6.45) is -8.10. The number of alkyl halides is 6. The highest BCUT2D eigenvalue weighted by Gasteiger charge is 2.38. The minimum atomic E-state index is -5.10. The molecule has 1 aliphatic rings. The second-order valence-corrected chi connectivity index (χ2v) is 11.1. The van der Waals surface area contributed by atoms with Gasteiger partial charge in [0.05, 0.1) is 16.0 Å². The molecular weight excluding hydrogens is 552 g/mol. The van der Waals surface area contributed by atoms with Crippen LogP contribution in [-0.4, -0.2) is 20.5 Å². The van der Waals surface area contributed by atoms with Crippen LogP contribution in [0.25, 0.3) is 0 Å². The van der Waals surface area contributed by atoms with Gasteiger partial charge in [0.15, 0.2) is 0 Å². The van der Waals surface area contributed by atoms with Gasteiger partial charge in [-0.15, -0.1) is 0 Å². The van der Waals surface area contributed by atoms with Crippen molar-refractivity contribution >= 4 is 27.1 Å². The van der Waals surface area contributed by atoms with Gasteiger partial charge in [0.2, 0.25) is 10.0 Å². The van der Waals surface area contributed by atoms with Gasteiger partial charge in [-0.1, -0.05) is 30.5 Å². The molecule has 0 bridgehead atoms. The minimum Gasteiger partial charge on any atom is -0.376 e. The van der Waals surface area contributed by atoms with Crippen molar-refractivity contribution in [3.05, 3.63) is 79.6 Å². The van der Waals surface area contributed by atoms with Crippen molar-refractivity contribution in [1.29, 1.82) is 0 Å². The zero-order chi connectivity index (χ0) is 28.8. The largest absolute Gasteiger partial charge is 0.416 e. The third kappa shape index (κ3) is 6.27. The molecule has 14 heteroatoms. The van der Waals surface area contributed by atoms with Gasteiger partial charge >= 0.3 is 12.4 Å². The monoisotopic (exact) mass is 575 g/mol. The molecular formula is C25H23F6N3O4S. The number of aryl methyl sites for hydroxylation is 1. The topological polar surface area (TPSA) is 104 Å². The summed E-state index contributed by atoms with van der Waals surface area (Å²) in [5.74, 6) is 0. The van der Waals surface area contributed by atoms with Crippen molar-refractivity contribution in [2.24, 2.45) is 0 Å². The Bertz CT molecular complexity index is 1510. The van der Waals surface area contributed by atoms with Crippen LogP contribution in [0.1, 0.15) is 42.4 Å². The molecule has 3 N–H and O–H groups in total. The van der Waals surface area contributed by atoms with Crippen molar-refractivity contribution in [3.8, 4) is 0 Å². The molecule has 3 aromatic carbocycles. The van der Waals surface area contributed by atoms with E-state index >= 15 is 0 Å². The molecule has 1 fully saturated rings. The number of benzene rings is 2. The normalized spacial score (nSPS) is 18.7. The first-order chi connectivity index (χ1) is 18.1. The number of hydrogen-bond donors (Lipinski definition) is 3. The third-order valence-electron chi connectivity index (χ3n) is 6.50. The standard InChI is InChI=1S/C25H23F6N3O4S/c1-13-6-8-17(9-7-13)39(37,38)34-19-5-3-2-4-18(19)33-21-20(22(35)23(21)36)32-16-11-14(24(26,27)28)10-15(12-16)25(29,30)31/h6-12,18-19,32-34H,2-5H2,1H3/t18-,19+/m0/s1. The van der Waals surface area contributed by atoms with E-state index in [1.807, 2.05) is 0 Å². The Morgan fingerprint density at radius 2 is 1.28 bits per heavy atom. The van der Waals surface area contributed by atoms with Crippen LogP contribution < -0.4 is 26.2 Å².